The van der Waals surface area contributed by atoms with E-state index in [4.69, 9.17) is 9.98 Å². The third kappa shape index (κ3) is 10.3. The molecule has 0 bridgehead atoms. The molecule has 0 radical (unpaired) electrons. The van der Waals surface area contributed by atoms with Gasteiger partial charge in [0.2, 0.25) is 0 Å². The van der Waals surface area contributed by atoms with Gasteiger partial charge in [0.25, 0.3) is 0 Å². The van der Waals surface area contributed by atoms with Gasteiger partial charge in [0.05, 0.1) is 11.4 Å². The molecule has 0 saturated carbocycles. The van der Waals surface area contributed by atoms with Gasteiger partial charge >= 0.3 is 0 Å². The Hall–Kier alpha value is -5.42. The average Bonchev–Trinajstić information content (AvgIpc) is 3.36. The Morgan fingerprint density at radius 3 is 1.16 bits per heavy atom. The number of benzene rings is 8. The first-order chi connectivity index (χ1) is 33.1. The summed E-state index contributed by atoms with van der Waals surface area (Å²) >= 11 is 3.62. The summed E-state index contributed by atoms with van der Waals surface area (Å²) in [4.78, 5) is 13.9. The highest BCUT2D eigenvalue weighted by Crippen LogP contribution is 2.57. The molecule has 0 spiro atoms. The zero-order chi connectivity index (χ0) is 46.7. The molecule has 2 nitrogen and oxygen atoms in total. The third-order valence-corrected chi connectivity index (χ3v) is 16.6. The number of fused-ring (bicyclic) bond motifs is 2. The molecule has 8 aromatic rings. The number of hydrogen-bond acceptors (Lipinski definition) is 4. The van der Waals surface area contributed by atoms with Crippen molar-refractivity contribution in [2.45, 2.75) is 116 Å². The maximum atomic E-state index is 5.69. The van der Waals surface area contributed by atoms with Crippen LogP contribution in [0.5, 0.6) is 0 Å². The van der Waals surface area contributed by atoms with E-state index >= 15 is 0 Å². The minimum absolute atomic E-state index is 0.732. The van der Waals surface area contributed by atoms with Gasteiger partial charge < -0.3 is 0 Å². The smallest absolute Gasteiger partial charge is 0.109 e. The monoisotopic (exact) mass is 926 g/mol. The standard InChI is InChI=1S/C64H66N2S2/c1-41(2)13-11-15-43(5)21-23-45-25-29-49(30-26-45)55-39-57-60-59-58(68-63(65-61(55)59)53-35-33-47-17-7-9-19-51(47)37-53)40-56(50-31-27-46(28-32-50)24-22-44(6)16-12-14-42(3)4)62(60)66-64(67-57)54-36-34-48-18-8-10-20-52(48)38-54/h7-10,17-20,25-44H,11-16,21-24H2,1-6H3. The average molecular weight is 927 g/mol. The number of aliphatic imine (C=N–C) groups is 2. The molecule has 0 aliphatic carbocycles. The summed E-state index contributed by atoms with van der Waals surface area (Å²) in [6, 6.07) is 54.7. The molecule has 0 aromatic heterocycles. The molecule has 2 atom stereocenters. The van der Waals surface area contributed by atoms with Crippen LogP contribution in [-0.4, -0.2) is 10.1 Å². The normalized spacial score (nSPS) is 14.2. The van der Waals surface area contributed by atoms with Gasteiger partial charge in [0.15, 0.2) is 0 Å². The van der Waals surface area contributed by atoms with Crippen molar-refractivity contribution in [1.29, 1.82) is 0 Å². The first kappa shape index (κ1) is 46.3. The Labute approximate surface area is 414 Å². The van der Waals surface area contributed by atoms with Gasteiger partial charge in [-0.1, -0.05) is 225 Å². The molecule has 0 N–H and O–H groups in total. The van der Waals surface area contributed by atoms with Gasteiger partial charge in [-0.2, -0.15) is 0 Å². The van der Waals surface area contributed by atoms with Gasteiger partial charge in [-0.3, -0.25) is 0 Å². The Morgan fingerprint density at radius 1 is 0.382 bits per heavy atom. The van der Waals surface area contributed by atoms with Crippen LogP contribution in [0, 0.1) is 23.7 Å². The number of thioether (sulfide) groups is 2. The quantitative estimate of drug-likeness (QED) is 0.0856. The van der Waals surface area contributed by atoms with Crippen LogP contribution >= 0.6 is 23.5 Å². The van der Waals surface area contributed by atoms with Gasteiger partial charge in [-0.15, -0.1) is 0 Å². The van der Waals surface area contributed by atoms with Crippen molar-refractivity contribution in [3.05, 3.63) is 168 Å². The summed E-state index contributed by atoms with van der Waals surface area (Å²) in [6.45, 7) is 14.2. The van der Waals surface area contributed by atoms with Crippen LogP contribution in [0.4, 0.5) is 11.4 Å². The van der Waals surface area contributed by atoms with Crippen molar-refractivity contribution in [2.75, 3.05) is 0 Å². The first-order valence-electron chi connectivity index (χ1n) is 25.5. The van der Waals surface area contributed by atoms with Crippen molar-refractivity contribution >= 4 is 77.3 Å². The molecule has 2 aliphatic heterocycles. The zero-order valence-electron chi connectivity index (χ0n) is 40.9. The van der Waals surface area contributed by atoms with Crippen molar-refractivity contribution in [3.8, 4) is 22.3 Å². The van der Waals surface area contributed by atoms with Crippen molar-refractivity contribution < 1.29 is 0 Å². The molecular weight excluding hydrogens is 861 g/mol. The number of nitrogens with zero attached hydrogens (tertiary/aromatic N) is 2. The Kier molecular flexibility index (Phi) is 14.1. The lowest BCUT2D eigenvalue weighted by Gasteiger charge is -2.27. The maximum absolute atomic E-state index is 5.69. The topological polar surface area (TPSA) is 24.7 Å². The number of rotatable bonds is 18. The Balaban J connectivity index is 1.08. The molecule has 344 valence electrons. The molecule has 68 heavy (non-hydrogen) atoms. The Bertz CT molecular complexity index is 2940. The van der Waals surface area contributed by atoms with Crippen molar-refractivity contribution in [3.63, 3.8) is 0 Å². The largest absolute Gasteiger partial charge is 0.240 e. The van der Waals surface area contributed by atoms with Gasteiger partial charge in [0, 0.05) is 42.8 Å². The minimum Gasteiger partial charge on any atom is -0.240 e. The Morgan fingerprint density at radius 2 is 0.765 bits per heavy atom. The van der Waals surface area contributed by atoms with Crippen LogP contribution in [-0.2, 0) is 12.8 Å². The van der Waals surface area contributed by atoms with E-state index in [1.165, 1.54) is 127 Å². The van der Waals surface area contributed by atoms with Gasteiger partial charge in [0.1, 0.15) is 10.1 Å². The second-order valence-corrected chi connectivity index (χ2v) is 22.8. The molecule has 2 heterocycles. The first-order valence-corrected chi connectivity index (χ1v) is 27.1. The van der Waals surface area contributed by atoms with E-state index in [2.05, 4.69) is 187 Å². The van der Waals surface area contributed by atoms with E-state index in [1.807, 2.05) is 23.5 Å². The molecule has 2 aliphatic rings. The molecule has 0 amide bonds. The summed E-state index contributed by atoms with van der Waals surface area (Å²) in [7, 11) is 0. The van der Waals surface area contributed by atoms with E-state index in [-0.39, 0.29) is 0 Å². The predicted octanol–water partition coefficient (Wildman–Crippen LogP) is 19.6. The SMILES string of the molecule is CC(C)CCCC(C)CCc1ccc(-c2cc3c4c(c(-c5ccc(CCC(C)CCCC(C)C)cc5)cc5c4c2N=C(c2ccc4ccccc4c2)S5)N=C(c2ccc4ccccc4c2)S3)cc1. The molecule has 0 saturated heterocycles. The molecular formula is C64H66N2S2. The maximum Gasteiger partial charge on any atom is 0.109 e. The van der Waals surface area contributed by atoms with Crippen LogP contribution in [0.25, 0.3) is 54.6 Å². The van der Waals surface area contributed by atoms with Crippen LogP contribution in [0.3, 0.4) is 0 Å². The lowest BCUT2D eigenvalue weighted by atomic mass is 9.91. The van der Waals surface area contributed by atoms with Crippen LogP contribution < -0.4 is 0 Å². The molecule has 4 heteroatoms. The van der Waals surface area contributed by atoms with Crippen molar-refractivity contribution in [1.82, 2.24) is 0 Å². The summed E-state index contributed by atoms with van der Waals surface area (Å²) in [5, 5.41) is 9.42. The fraction of sp³-hybridized carbons (Fsp3) is 0.312. The highest BCUT2D eigenvalue weighted by Gasteiger charge is 2.30. The second kappa shape index (κ2) is 20.7. The fourth-order valence-corrected chi connectivity index (χ4v) is 12.4. The molecule has 2 unspecified atom stereocenters. The van der Waals surface area contributed by atoms with E-state index in [1.54, 1.807) is 0 Å². The summed E-state index contributed by atoms with van der Waals surface area (Å²) in [5.41, 5.74) is 12.0. The zero-order valence-corrected chi connectivity index (χ0v) is 42.6. The summed E-state index contributed by atoms with van der Waals surface area (Å²) in [6.07, 6.45) is 12.6. The second-order valence-electron chi connectivity index (χ2n) is 20.8. The molecule has 0 fully saturated rings. The number of aryl methyl sites for hydroxylation is 2. The van der Waals surface area contributed by atoms with E-state index < -0.39 is 0 Å². The molecule has 10 rings (SSSR count). The van der Waals surface area contributed by atoms with E-state index in [0.29, 0.717) is 0 Å². The lowest BCUT2D eigenvalue weighted by molar-refractivity contribution is 0.437. The van der Waals surface area contributed by atoms with E-state index in [0.717, 1.165) is 69.1 Å². The summed E-state index contributed by atoms with van der Waals surface area (Å²) < 4.78 is 0. The predicted molar refractivity (Wildman–Crippen MR) is 299 cm³/mol. The van der Waals surface area contributed by atoms with E-state index in [9.17, 15) is 0 Å². The minimum atomic E-state index is 0.732. The van der Waals surface area contributed by atoms with Crippen LogP contribution in [0.1, 0.15) is 115 Å². The fourth-order valence-electron chi connectivity index (χ4n) is 10.3. The highest BCUT2D eigenvalue weighted by molar-refractivity contribution is 8.15. The van der Waals surface area contributed by atoms with Gasteiger partial charge in [-0.05, 0) is 117 Å². The number of hydrogen-bond donors (Lipinski definition) is 0. The third-order valence-electron chi connectivity index (χ3n) is 14.4. The van der Waals surface area contributed by atoms with Crippen LogP contribution in [0.15, 0.2) is 165 Å². The lowest BCUT2D eigenvalue weighted by Crippen LogP contribution is -2.05. The highest BCUT2D eigenvalue weighted by atomic mass is 32.2. The molecule has 8 aromatic carbocycles. The van der Waals surface area contributed by atoms with Crippen molar-refractivity contribution in [2.24, 2.45) is 33.7 Å². The van der Waals surface area contributed by atoms with Crippen LogP contribution in [0.2, 0.25) is 0 Å². The van der Waals surface area contributed by atoms with Gasteiger partial charge in [-0.25, -0.2) is 9.98 Å². The summed E-state index contributed by atoms with van der Waals surface area (Å²) in [5.74, 6) is 3.02.